The van der Waals surface area contributed by atoms with Crippen LogP contribution in [0.1, 0.15) is 37.7 Å². The van der Waals surface area contributed by atoms with E-state index in [2.05, 4.69) is 28.3 Å². The molecule has 1 aromatic carbocycles. The van der Waals surface area contributed by atoms with Crippen LogP contribution < -0.4 is 10.1 Å². The topological polar surface area (TPSA) is 49.9 Å². The van der Waals surface area contributed by atoms with Crippen molar-refractivity contribution >= 4 is 0 Å². The standard InChI is InChI=1S/C15H21N3O/c1-3-9-16-14(15-17-10-11-18-15)12-7-5-6-8-13(12)19-4-2/h5-8,10-11,14,16H,3-4,9H2,1-2H3,(H,17,18). The van der Waals surface area contributed by atoms with Crippen LogP contribution in [-0.2, 0) is 0 Å². The van der Waals surface area contributed by atoms with Gasteiger partial charge in [-0.2, -0.15) is 0 Å². The number of benzene rings is 1. The highest BCUT2D eigenvalue weighted by Gasteiger charge is 2.19. The molecule has 0 saturated heterocycles. The van der Waals surface area contributed by atoms with Crippen molar-refractivity contribution in [2.45, 2.75) is 26.3 Å². The van der Waals surface area contributed by atoms with Crippen LogP contribution in [0.4, 0.5) is 0 Å². The summed E-state index contributed by atoms with van der Waals surface area (Å²) in [5.41, 5.74) is 1.12. The number of H-pyrrole nitrogens is 1. The lowest BCUT2D eigenvalue weighted by molar-refractivity contribution is 0.333. The fourth-order valence-corrected chi connectivity index (χ4v) is 2.08. The molecular weight excluding hydrogens is 238 g/mol. The first-order valence-corrected chi connectivity index (χ1v) is 6.81. The van der Waals surface area contributed by atoms with Crippen LogP contribution in [-0.4, -0.2) is 23.1 Å². The van der Waals surface area contributed by atoms with Crippen LogP contribution >= 0.6 is 0 Å². The van der Waals surface area contributed by atoms with E-state index >= 15 is 0 Å². The summed E-state index contributed by atoms with van der Waals surface area (Å²) in [4.78, 5) is 7.56. The van der Waals surface area contributed by atoms with Crippen molar-refractivity contribution in [2.75, 3.05) is 13.2 Å². The molecule has 19 heavy (non-hydrogen) atoms. The molecule has 0 fully saturated rings. The largest absolute Gasteiger partial charge is 0.494 e. The Hall–Kier alpha value is -1.81. The third-order valence-corrected chi connectivity index (χ3v) is 2.92. The Morgan fingerprint density at radius 2 is 2.16 bits per heavy atom. The molecule has 2 rings (SSSR count). The molecule has 4 nitrogen and oxygen atoms in total. The minimum atomic E-state index is 0.0395. The summed E-state index contributed by atoms with van der Waals surface area (Å²) >= 11 is 0. The van der Waals surface area contributed by atoms with E-state index in [0.717, 1.165) is 30.1 Å². The molecule has 0 aliphatic rings. The van der Waals surface area contributed by atoms with Gasteiger partial charge in [-0.25, -0.2) is 4.98 Å². The van der Waals surface area contributed by atoms with E-state index in [1.165, 1.54) is 0 Å². The summed E-state index contributed by atoms with van der Waals surface area (Å²) in [6, 6.07) is 8.15. The molecule has 0 amide bonds. The number of nitrogens with one attached hydrogen (secondary N) is 2. The molecule has 2 aromatic rings. The second-order valence-electron chi connectivity index (χ2n) is 4.33. The summed E-state index contributed by atoms with van der Waals surface area (Å²) < 4.78 is 5.71. The van der Waals surface area contributed by atoms with E-state index in [0.29, 0.717) is 6.61 Å². The maximum Gasteiger partial charge on any atom is 0.127 e. The Kier molecular flexibility index (Phi) is 4.98. The van der Waals surface area contributed by atoms with Crippen molar-refractivity contribution in [3.63, 3.8) is 0 Å². The smallest absolute Gasteiger partial charge is 0.127 e. The number of nitrogens with zero attached hydrogens (tertiary/aromatic N) is 1. The first-order chi connectivity index (χ1) is 9.36. The summed E-state index contributed by atoms with van der Waals surface area (Å²) in [6.45, 7) is 5.75. The molecule has 1 aromatic heterocycles. The van der Waals surface area contributed by atoms with Gasteiger partial charge in [0.2, 0.25) is 0 Å². The zero-order valence-electron chi connectivity index (χ0n) is 11.5. The first-order valence-electron chi connectivity index (χ1n) is 6.81. The Labute approximate surface area is 114 Å². The molecule has 0 radical (unpaired) electrons. The molecular formula is C15H21N3O. The Morgan fingerprint density at radius 3 is 2.84 bits per heavy atom. The fourth-order valence-electron chi connectivity index (χ4n) is 2.08. The fraction of sp³-hybridized carbons (Fsp3) is 0.400. The van der Waals surface area contributed by atoms with E-state index in [1.807, 2.05) is 31.3 Å². The van der Waals surface area contributed by atoms with Gasteiger partial charge >= 0.3 is 0 Å². The highest BCUT2D eigenvalue weighted by Crippen LogP contribution is 2.28. The predicted octanol–water partition coefficient (Wildman–Crippen LogP) is 2.90. The van der Waals surface area contributed by atoms with Crippen LogP contribution in [0.3, 0.4) is 0 Å². The SMILES string of the molecule is CCCNC(c1ncc[nH]1)c1ccccc1OCC. The third-order valence-electron chi connectivity index (χ3n) is 2.92. The molecule has 102 valence electrons. The lowest BCUT2D eigenvalue weighted by Crippen LogP contribution is -2.24. The zero-order chi connectivity index (χ0) is 13.5. The van der Waals surface area contributed by atoms with Gasteiger partial charge in [-0.1, -0.05) is 25.1 Å². The van der Waals surface area contributed by atoms with Crippen molar-refractivity contribution < 1.29 is 4.74 Å². The molecule has 1 heterocycles. The van der Waals surface area contributed by atoms with Crippen molar-refractivity contribution in [3.05, 3.63) is 48.0 Å². The van der Waals surface area contributed by atoms with Crippen LogP contribution in [0, 0.1) is 0 Å². The van der Waals surface area contributed by atoms with Gasteiger partial charge in [0.1, 0.15) is 11.6 Å². The lowest BCUT2D eigenvalue weighted by Gasteiger charge is -2.20. The maximum atomic E-state index is 5.71. The van der Waals surface area contributed by atoms with Gasteiger partial charge in [0, 0.05) is 18.0 Å². The highest BCUT2D eigenvalue weighted by atomic mass is 16.5. The molecule has 0 aliphatic heterocycles. The van der Waals surface area contributed by atoms with Gasteiger partial charge in [-0.3, -0.25) is 0 Å². The Balaban J connectivity index is 2.32. The van der Waals surface area contributed by atoms with Gasteiger partial charge in [0.15, 0.2) is 0 Å². The summed E-state index contributed by atoms with van der Waals surface area (Å²) in [7, 11) is 0. The first kappa shape index (κ1) is 13.6. The average Bonchev–Trinajstić information content (AvgIpc) is 2.95. The normalized spacial score (nSPS) is 12.3. The Morgan fingerprint density at radius 1 is 1.32 bits per heavy atom. The van der Waals surface area contributed by atoms with Gasteiger partial charge in [0.25, 0.3) is 0 Å². The number of hydrogen-bond acceptors (Lipinski definition) is 3. The average molecular weight is 259 g/mol. The van der Waals surface area contributed by atoms with Crippen LogP contribution in [0.2, 0.25) is 0 Å². The Bertz CT molecular complexity index is 482. The number of para-hydroxylation sites is 1. The van der Waals surface area contributed by atoms with Gasteiger partial charge in [0.05, 0.1) is 12.6 Å². The van der Waals surface area contributed by atoms with E-state index in [9.17, 15) is 0 Å². The van der Waals surface area contributed by atoms with E-state index in [1.54, 1.807) is 6.20 Å². The van der Waals surface area contributed by atoms with Crippen molar-refractivity contribution in [1.29, 1.82) is 0 Å². The van der Waals surface area contributed by atoms with Crippen molar-refractivity contribution in [3.8, 4) is 5.75 Å². The second-order valence-corrected chi connectivity index (χ2v) is 4.33. The molecule has 0 aliphatic carbocycles. The minimum Gasteiger partial charge on any atom is -0.494 e. The lowest BCUT2D eigenvalue weighted by atomic mass is 10.0. The van der Waals surface area contributed by atoms with Crippen molar-refractivity contribution in [2.24, 2.45) is 0 Å². The van der Waals surface area contributed by atoms with Crippen LogP contribution in [0.5, 0.6) is 5.75 Å². The van der Waals surface area contributed by atoms with Gasteiger partial charge in [-0.15, -0.1) is 0 Å². The summed E-state index contributed by atoms with van der Waals surface area (Å²) in [5.74, 6) is 1.83. The number of aromatic nitrogens is 2. The van der Waals surface area contributed by atoms with Crippen LogP contribution in [0.15, 0.2) is 36.7 Å². The molecule has 0 spiro atoms. The number of aromatic amines is 1. The molecule has 0 bridgehead atoms. The molecule has 0 saturated carbocycles. The van der Waals surface area contributed by atoms with E-state index in [-0.39, 0.29) is 6.04 Å². The van der Waals surface area contributed by atoms with E-state index < -0.39 is 0 Å². The number of imidazole rings is 1. The summed E-state index contributed by atoms with van der Waals surface area (Å²) in [6.07, 6.45) is 4.70. The quantitative estimate of drug-likeness (QED) is 0.804. The minimum absolute atomic E-state index is 0.0395. The van der Waals surface area contributed by atoms with Crippen LogP contribution in [0.25, 0.3) is 0 Å². The monoisotopic (exact) mass is 259 g/mol. The molecule has 2 N–H and O–H groups in total. The molecule has 1 atom stereocenters. The van der Waals surface area contributed by atoms with Crippen molar-refractivity contribution in [1.82, 2.24) is 15.3 Å². The second kappa shape index (κ2) is 6.95. The maximum absolute atomic E-state index is 5.71. The third kappa shape index (κ3) is 3.35. The summed E-state index contributed by atoms with van der Waals surface area (Å²) in [5, 5.41) is 3.51. The zero-order valence-corrected chi connectivity index (χ0v) is 11.5. The molecule has 1 unspecified atom stereocenters. The number of hydrogen-bond donors (Lipinski definition) is 2. The number of rotatable bonds is 7. The van der Waals surface area contributed by atoms with Gasteiger partial charge < -0.3 is 15.0 Å². The van der Waals surface area contributed by atoms with Gasteiger partial charge in [-0.05, 0) is 26.0 Å². The highest BCUT2D eigenvalue weighted by molar-refractivity contribution is 5.38. The molecule has 4 heteroatoms. The van der Waals surface area contributed by atoms with E-state index in [4.69, 9.17) is 4.74 Å². The number of ether oxygens (including phenoxy) is 1. The predicted molar refractivity (Wildman–Crippen MR) is 76.3 cm³/mol.